The van der Waals surface area contributed by atoms with Gasteiger partial charge in [-0.3, -0.25) is 0 Å². The van der Waals surface area contributed by atoms with Crippen LogP contribution in [-0.4, -0.2) is 6.54 Å². The van der Waals surface area contributed by atoms with E-state index in [1.807, 2.05) is 0 Å². The van der Waals surface area contributed by atoms with Crippen molar-refractivity contribution in [2.24, 2.45) is 5.41 Å². The Labute approximate surface area is 101 Å². The highest BCUT2D eigenvalue weighted by atomic mass is 19.1. The second-order valence-corrected chi connectivity index (χ2v) is 5.36. The molecule has 1 aromatic carbocycles. The van der Waals surface area contributed by atoms with Crippen molar-refractivity contribution in [1.29, 1.82) is 0 Å². The van der Waals surface area contributed by atoms with Crippen molar-refractivity contribution in [2.45, 2.75) is 39.2 Å². The first-order valence-corrected chi connectivity index (χ1v) is 6.24. The summed E-state index contributed by atoms with van der Waals surface area (Å²) in [6, 6.07) is 3.75. The van der Waals surface area contributed by atoms with E-state index < -0.39 is 11.6 Å². The summed E-state index contributed by atoms with van der Waals surface area (Å²) in [6.07, 6.45) is 5.07. The Kier molecular flexibility index (Phi) is 3.77. The molecule has 94 valence electrons. The van der Waals surface area contributed by atoms with Gasteiger partial charge in [-0.15, -0.1) is 0 Å². The number of hydrogen-bond acceptors (Lipinski definition) is 1. The van der Waals surface area contributed by atoms with E-state index in [0.29, 0.717) is 17.5 Å². The summed E-state index contributed by atoms with van der Waals surface area (Å²) in [5, 5.41) is 3.28. The zero-order valence-corrected chi connectivity index (χ0v) is 10.2. The second-order valence-electron chi connectivity index (χ2n) is 5.36. The van der Waals surface area contributed by atoms with Crippen molar-refractivity contribution >= 4 is 0 Å². The second kappa shape index (κ2) is 5.13. The van der Waals surface area contributed by atoms with Gasteiger partial charge in [0.05, 0.1) is 0 Å². The van der Waals surface area contributed by atoms with Gasteiger partial charge in [0.25, 0.3) is 0 Å². The maximum Gasteiger partial charge on any atom is 0.130 e. The van der Waals surface area contributed by atoms with Gasteiger partial charge in [-0.2, -0.15) is 0 Å². The van der Waals surface area contributed by atoms with Crippen molar-refractivity contribution in [2.75, 3.05) is 6.54 Å². The number of halogens is 2. The lowest BCUT2D eigenvalue weighted by Gasteiger charge is -2.23. The van der Waals surface area contributed by atoms with Crippen molar-refractivity contribution < 1.29 is 8.78 Å². The molecule has 1 saturated carbocycles. The molecule has 3 heteroatoms. The molecule has 1 aliphatic rings. The van der Waals surface area contributed by atoms with E-state index in [1.54, 1.807) is 0 Å². The smallest absolute Gasteiger partial charge is 0.130 e. The first kappa shape index (κ1) is 12.5. The predicted molar refractivity (Wildman–Crippen MR) is 64.6 cm³/mol. The van der Waals surface area contributed by atoms with Crippen molar-refractivity contribution in [3.8, 4) is 0 Å². The normalized spacial score (nSPS) is 18.5. The highest BCUT2D eigenvalue weighted by Gasteiger charge is 2.27. The number of rotatable bonds is 4. The van der Waals surface area contributed by atoms with Crippen LogP contribution in [0.25, 0.3) is 0 Å². The molecule has 0 heterocycles. The first-order valence-electron chi connectivity index (χ1n) is 6.24. The van der Waals surface area contributed by atoms with Crippen LogP contribution in [0.2, 0.25) is 0 Å². The molecule has 0 atom stereocenters. The topological polar surface area (TPSA) is 12.0 Å². The lowest BCUT2D eigenvalue weighted by atomic mass is 9.89. The van der Waals surface area contributed by atoms with Crippen LogP contribution in [0.1, 0.15) is 38.2 Å². The van der Waals surface area contributed by atoms with E-state index in [1.165, 1.54) is 37.8 Å². The Bertz CT molecular complexity index is 384. The van der Waals surface area contributed by atoms with Crippen LogP contribution in [0, 0.1) is 17.0 Å². The van der Waals surface area contributed by atoms with E-state index >= 15 is 0 Å². The Morgan fingerprint density at radius 2 is 1.94 bits per heavy atom. The molecule has 1 aliphatic carbocycles. The third-order valence-corrected chi connectivity index (χ3v) is 3.69. The molecule has 17 heavy (non-hydrogen) atoms. The van der Waals surface area contributed by atoms with Gasteiger partial charge in [0.2, 0.25) is 0 Å². The quantitative estimate of drug-likeness (QED) is 0.846. The summed E-state index contributed by atoms with van der Waals surface area (Å²) < 4.78 is 26.1. The van der Waals surface area contributed by atoms with Crippen molar-refractivity contribution in [3.05, 3.63) is 35.4 Å². The number of nitrogens with one attached hydrogen (secondary N) is 1. The molecule has 0 saturated heterocycles. The minimum absolute atomic E-state index is 0.358. The van der Waals surface area contributed by atoms with Crippen molar-refractivity contribution in [3.63, 3.8) is 0 Å². The number of hydrogen-bond donors (Lipinski definition) is 1. The Hall–Kier alpha value is -0.960. The Balaban J connectivity index is 1.85. The Morgan fingerprint density at radius 3 is 2.59 bits per heavy atom. The van der Waals surface area contributed by atoms with Crippen LogP contribution < -0.4 is 5.32 Å². The van der Waals surface area contributed by atoms with E-state index in [9.17, 15) is 8.78 Å². The zero-order valence-electron chi connectivity index (χ0n) is 10.2. The molecule has 0 aromatic heterocycles. The molecule has 0 radical (unpaired) electrons. The van der Waals surface area contributed by atoms with Gasteiger partial charge < -0.3 is 5.32 Å². The maximum atomic E-state index is 13.4. The van der Waals surface area contributed by atoms with E-state index in [0.717, 1.165) is 12.6 Å². The fourth-order valence-corrected chi connectivity index (χ4v) is 2.57. The van der Waals surface area contributed by atoms with Crippen LogP contribution in [0.4, 0.5) is 8.78 Å². The maximum absolute atomic E-state index is 13.4. The summed E-state index contributed by atoms with van der Waals surface area (Å²) in [7, 11) is 0. The summed E-state index contributed by atoms with van der Waals surface area (Å²) in [5.41, 5.74) is 0.893. The summed E-state index contributed by atoms with van der Waals surface area (Å²) in [4.78, 5) is 0. The molecule has 1 N–H and O–H groups in total. The zero-order chi connectivity index (χ0) is 12.3. The van der Waals surface area contributed by atoms with Gasteiger partial charge in [-0.1, -0.05) is 25.8 Å². The average Bonchev–Trinajstić information content (AvgIpc) is 2.69. The third kappa shape index (κ3) is 3.25. The van der Waals surface area contributed by atoms with E-state index in [-0.39, 0.29) is 0 Å². The molecule has 0 unspecified atom stereocenters. The summed E-state index contributed by atoms with van der Waals surface area (Å²) in [5.74, 6) is -0.983. The summed E-state index contributed by atoms with van der Waals surface area (Å²) in [6.45, 7) is 3.65. The van der Waals surface area contributed by atoms with Gasteiger partial charge in [0.1, 0.15) is 11.6 Å². The van der Waals surface area contributed by atoms with Gasteiger partial charge >= 0.3 is 0 Å². The van der Waals surface area contributed by atoms with Crippen molar-refractivity contribution in [1.82, 2.24) is 5.32 Å². The highest BCUT2D eigenvalue weighted by Crippen LogP contribution is 2.36. The standard InChI is InChI=1S/C14H19F2N/c1-14(6-2-3-7-14)10-17-9-11-4-5-12(15)8-13(11)16/h4-5,8,17H,2-3,6-7,9-10H2,1H3. The molecule has 1 nitrogen and oxygen atoms in total. The minimum atomic E-state index is -0.519. The molecule has 1 aromatic rings. The van der Waals surface area contributed by atoms with Crippen LogP contribution >= 0.6 is 0 Å². The fraction of sp³-hybridized carbons (Fsp3) is 0.571. The average molecular weight is 239 g/mol. The molecule has 0 bridgehead atoms. The molecular formula is C14H19F2N. The molecule has 2 rings (SSSR count). The Morgan fingerprint density at radius 1 is 1.24 bits per heavy atom. The monoisotopic (exact) mass is 239 g/mol. The molecular weight excluding hydrogens is 220 g/mol. The minimum Gasteiger partial charge on any atom is -0.312 e. The predicted octanol–water partition coefficient (Wildman–Crippen LogP) is 3.63. The molecule has 0 amide bonds. The van der Waals surface area contributed by atoms with Crippen LogP contribution in [0.15, 0.2) is 18.2 Å². The number of benzene rings is 1. The third-order valence-electron chi connectivity index (χ3n) is 3.69. The lowest BCUT2D eigenvalue weighted by molar-refractivity contribution is 0.313. The SMILES string of the molecule is CC1(CNCc2ccc(F)cc2F)CCCC1. The van der Waals surface area contributed by atoms with Crippen LogP contribution in [0.5, 0.6) is 0 Å². The largest absolute Gasteiger partial charge is 0.312 e. The van der Waals surface area contributed by atoms with Gasteiger partial charge in [-0.05, 0) is 24.3 Å². The first-order chi connectivity index (χ1) is 8.09. The molecule has 0 spiro atoms. The van der Waals surface area contributed by atoms with Crippen LogP contribution in [0.3, 0.4) is 0 Å². The van der Waals surface area contributed by atoms with Gasteiger partial charge in [-0.25, -0.2) is 8.78 Å². The van der Waals surface area contributed by atoms with E-state index in [4.69, 9.17) is 0 Å². The van der Waals surface area contributed by atoms with E-state index in [2.05, 4.69) is 12.2 Å². The van der Waals surface area contributed by atoms with Gasteiger partial charge in [0, 0.05) is 24.7 Å². The molecule has 0 aliphatic heterocycles. The van der Waals surface area contributed by atoms with Crippen LogP contribution in [-0.2, 0) is 6.54 Å². The van der Waals surface area contributed by atoms with Gasteiger partial charge in [0.15, 0.2) is 0 Å². The highest BCUT2D eigenvalue weighted by molar-refractivity contribution is 5.18. The lowest BCUT2D eigenvalue weighted by Crippen LogP contribution is -2.29. The molecule has 1 fully saturated rings. The summed E-state index contributed by atoms with van der Waals surface area (Å²) >= 11 is 0. The fourth-order valence-electron chi connectivity index (χ4n) is 2.57.